The van der Waals surface area contributed by atoms with Crippen molar-refractivity contribution in [1.82, 2.24) is 15.5 Å². The number of nitrogens with zero attached hydrogens (tertiary/aromatic N) is 1. The number of halogens is 1. The van der Waals surface area contributed by atoms with Crippen LogP contribution in [0.25, 0.3) is 0 Å². The number of hydrogen-bond acceptors (Lipinski definition) is 2. The minimum absolute atomic E-state index is 0.0665. The van der Waals surface area contributed by atoms with Crippen molar-refractivity contribution < 1.29 is 9.18 Å². The molecule has 0 heterocycles. The third-order valence-electron chi connectivity index (χ3n) is 4.42. The quantitative estimate of drug-likeness (QED) is 0.783. The lowest BCUT2D eigenvalue weighted by atomic mass is 9.96. The molecular weight excluding hydrogens is 329 g/mol. The molecule has 2 unspecified atom stereocenters. The number of nitrogens with one attached hydrogen (secondary N) is 2. The molecule has 0 aliphatic carbocycles. The molecule has 0 bridgehead atoms. The monoisotopic (exact) mass is 357 g/mol. The summed E-state index contributed by atoms with van der Waals surface area (Å²) in [6.07, 6.45) is 0. The Morgan fingerprint density at radius 2 is 1.69 bits per heavy atom. The number of rotatable bonds is 7. The first kappa shape index (κ1) is 19.9. The van der Waals surface area contributed by atoms with E-state index < -0.39 is 0 Å². The average molecular weight is 357 g/mol. The lowest BCUT2D eigenvalue weighted by Crippen LogP contribution is -2.43. The zero-order valence-corrected chi connectivity index (χ0v) is 15.9. The van der Waals surface area contributed by atoms with Crippen LogP contribution in [0.5, 0.6) is 0 Å². The SMILES string of the molecule is CC(C)C(NC(=O)NCC(c1cccc(F)c1)N(C)C)c1ccccc1. The topological polar surface area (TPSA) is 44.4 Å². The third kappa shape index (κ3) is 5.56. The van der Waals surface area contributed by atoms with Crippen LogP contribution in [-0.4, -0.2) is 31.6 Å². The van der Waals surface area contributed by atoms with Gasteiger partial charge >= 0.3 is 6.03 Å². The lowest BCUT2D eigenvalue weighted by molar-refractivity contribution is 0.225. The number of carbonyl (C=O) groups is 1. The number of amides is 2. The number of likely N-dealkylation sites (N-methyl/N-ethyl adjacent to an activating group) is 1. The number of hydrogen-bond donors (Lipinski definition) is 2. The predicted octanol–water partition coefficient (Wildman–Crippen LogP) is 4.12. The maximum absolute atomic E-state index is 13.5. The Morgan fingerprint density at radius 1 is 1.04 bits per heavy atom. The highest BCUT2D eigenvalue weighted by Gasteiger charge is 2.20. The van der Waals surface area contributed by atoms with E-state index in [1.54, 1.807) is 6.07 Å². The first-order chi connectivity index (χ1) is 12.4. The maximum Gasteiger partial charge on any atom is 0.315 e. The Hall–Kier alpha value is -2.40. The largest absolute Gasteiger partial charge is 0.336 e. The van der Waals surface area contributed by atoms with Crippen LogP contribution >= 0.6 is 0 Å². The number of urea groups is 1. The summed E-state index contributed by atoms with van der Waals surface area (Å²) in [7, 11) is 3.83. The molecule has 2 N–H and O–H groups in total. The van der Waals surface area contributed by atoms with Crippen LogP contribution in [0, 0.1) is 11.7 Å². The van der Waals surface area contributed by atoms with Crippen LogP contribution in [0.1, 0.15) is 37.1 Å². The molecule has 0 aliphatic heterocycles. The van der Waals surface area contributed by atoms with E-state index in [2.05, 4.69) is 24.5 Å². The Morgan fingerprint density at radius 3 is 2.27 bits per heavy atom. The zero-order chi connectivity index (χ0) is 19.1. The lowest BCUT2D eigenvalue weighted by Gasteiger charge is -2.27. The van der Waals surface area contributed by atoms with Crippen LogP contribution in [0.2, 0.25) is 0 Å². The van der Waals surface area contributed by atoms with Crippen LogP contribution < -0.4 is 10.6 Å². The van der Waals surface area contributed by atoms with Gasteiger partial charge in [0.1, 0.15) is 5.82 Å². The van der Waals surface area contributed by atoms with Crippen molar-refractivity contribution in [3.8, 4) is 0 Å². The minimum Gasteiger partial charge on any atom is -0.336 e. The summed E-state index contributed by atoms with van der Waals surface area (Å²) >= 11 is 0. The van der Waals surface area contributed by atoms with E-state index in [1.165, 1.54) is 12.1 Å². The summed E-state index contributed by atoms with van der Waals surface area (Å²) in [6.45, 7) is 4.54. The fourth-order valence-corrected chi connectivity index (χ4v) is 2.99. The zero-order valence-electron chi connectivity index (χ0n) is 15.9. The molecule has 0 saturated heterocycles. The van der Waals surface area contributed by atoms with Crippen LogP contribution in [-0.2, 0) is 0 Å². The third-order valence-corrected chi connectivity index (χ3v) is 4.42. The fourth-order valence-electron chi connectivity index (χ4n) is 2.99. The molecule has 5 heteroatoms. The Bertz CT molecular complexity index is 703. The van der Waals surface area contributed by atoms with E-state index in [1.807, 2.05) is 55.4 Å². The minimum atomic E-state index is -0.275. The maximum atomic E-state index is 13.5. The van der Waals surface area contributed by atoms with Crippen LogP contribution in [0.15, 0.2) is 54.6 Å². The molecule has 2 aromatic carbocycles. The van der Waals surface area contributed by atoms with Crippen molar-refractivity contribution in [2.75, 3.05) is 20.6 Å². The summed E-state index contributed by atoms with van der Waals surface area (Å²) in [5.74, 6) is -0.0150. The van der Waals surface area contributed by atoms with Gasteiger partial charge in [0.2, 0.25) is 0 Å². The number of carbonyl (C=O) groups excluding carboxylic acids is 1. The van der Waals surface area contributed by atoms with Crippen molar-refractivity contribution in [1.29, 1.82) is 0 Å². The van der Waals surface area contributed by atoms with E-state index in [4.69, 9.17) is 0 Å². The summed E-state index contributed by atoms with van der Waals surface area (Å²) in [4.78, 5) is 14.4. The van der Waals surface area contributed by atoms with E-state index in [-0.39, 0.29) is 29.8 Å². The van der Waals surface area contributed by atoms with Gasteiger partial charge in [0.25, 0.3) is 0 Å². The second-order valence-corrected chi connectivity index (χ2v) is 7.02. The molecule has 0 aliphatic rings. The summed E-state index contributed by atoms with van der Waals surface area (Å²) < 4.78 is 13.5. The van der Waals surface area contributed by atoms with Gasteiger partial charge in [-0.2, -0.15) is 0 Å². The second kappa shape index (κ2) is 9.34. The van der Waals surface area contributed by atoms with Gasteiger partial charge in [-0.15, -0.1) is 0 Å². The van der Waals surface area contributed by atoms with Crippen molar-refractivity contribution in [3.63, 3.8) is 0 Å². The van der Waals surface area contributed by atoms with Crippen LogP contribution in [0.4, 0.5) is 9.18 Å². The van der Waals surface area contributed by atoms with Gasteiger partial charge in [-0.25, -0.2) is 9.18 Å². The van der Waals surface area contributed by atoms with Crippen molar-refractivity contribution >= 4 is 6.03 Å². The van der Waals surface area contributed by atoms with E-state index in [9.17, 15) is 9.18 Å². The summed E-state index contributed by atoms with van der Waals surface area (Å²) in [5.41, 5.74) is 1.91. The first-order valence-electron chi connectivity index (χ1n) is 8.89. The smallest absolute Gasteiger partial charge is 0.315 e. The highest BCUT2D eigenvalue weighted by molar-refractivity contribution is 5.74. The van der Waals surface area contributed by atoms with Gasteiger partial charge in [-0.05, 0) is 43.3 Å². The molecule has 0 saturated carbocycles. The molecule has 2 amide bonds. The molecule has 0 fully saturated rings. The van der Waals surface area contributed by atoms with Crippen molar-refractivity contribution in [2.24, 2.45) is 5.92 Å². The molecule has 0 aromatic heterocycles. The molecule has 0 spiro atoms. The van der Waals surface area contributed by atoms with Crippen molar-refractivity contribution in [3.05, 3.63) is 71.5 Å². The Balaban J connectivity index is 2.01. The van der Waals surface area contributed by atoms with Gasteiger partial charge in [0.15, 0.2) is 0 Å². The molecule has 2 aromatic rings. The standard InChI is InChI=1S/C21H28FN3O/c1-15(2)20(16-9-6-5-7-10-16)24-21(26)23-14-19(25(3)4)17-11-8-12-18(22)13-17/h5-13,15,19-20H,14H2,1-4H3,(H2,23,24,26). The predicted molar refractivity (Wildman–Crippen MR) is 103 cm³/mol. The van der Waals surface area contributed by atoms with E-state index in [0.717, 1.165) is 11.1 Å². The first-order valence-corrected chi connectivity index (χ1v) is 8.89. The Kier molecular flexibility index (Phi) is 7.16. The van der Waals surface area contributed by atoms with Gasteiger partial charge in [0.05, 0.1) is 12.1 Å². The normalized spacial score (nSPS) is 13.5. The molecule has 26 heavy (non-hydrogen) atoms. The molecule has 2 atom stereocenters. The molecular formula is C21H28FN3O. The van der Waals surface area contributed by atoms with Gasteiger partial charge in [0, 0.05) is 6.54 Å². The summed E-state index contributed by atoms with van der Waals surface area (Å²) in [5, 5.41) is 5.97. The molecule has 2 rings (SSSR count). The highest BCUT2D eigenvalue weighted by atomic mass is 19.1. The van der Waals surface area contributed by atoms with E-state index in [0.29, 0.717) is 6.54 Å². The van der Waals surface area contributed by atoms with Crippen molar-refractivity contribution in [2.45, 2.75) is 25.9 Å². The van der Waals surface area contributed by atoms with Gasteiger partial charge in [-0.1, -0.05) is 56.3 Å². The van der Waals surface area contributed by atoms with Gasteiger partial charge in [-0.3, -0.25) is 0 Å². The molecule has 4 nitrogen and oxygen atoms in total. The number of benzene rings is 2. The van der Waals surface area contributed by atoms with E-state index >= 15 is 0 Å². The average Bonchev–Trinajstić information content (AvgIpc) is 2.60. The second-order valence-electron chi connectivity index (χ2n) is 7.02. The van der Waals surface area contributed by atoms with Gasteiger partial charge < -0.3 is 15.5 Å². The highest BCUT2D eigenvalue weighted by Crippen LogP contribution is 2.21. The Labute approximate surface area is 155 Å². The van der Waals surface area contributed by atoms with Crippen LogP contribution in [0.3, 0.4) is 0 Å². The molecule has 0 radical (unpaired) electrons. The summed E-state index contributed by atoms with van der Waals surface area (Å²) in [6, 6.07) is 16.0. The fraction of sp³-hybridized carbons (Fsp3) is 0.381. The molecule has 140 valence electrons.